The molecule has 0 fully saturated rings. The fourth-order valence-corrected chi connectivity index (χ4v) is 4.04. The first-order valence-electron chi connectivity index (χ1n) is 9.97. The fourth-order valence-electron chi connectivity index (χ4n) is 3.79. The Morgan fingerprint density at radius 1 is 0.393 bits per heavy atom. The Kier molecular flexibility index (Phi) is 6.86. The first-order valence-corrected chi connectivity index (χ1v) is 10.7. The van der Waals surface area contributed by atoms with E-state index < -0.39 is 0 Å². The maximum Gasteiger partial charge on any atom is 0.0406 e. The van der Waals surface area contributed by atoms with E-state index in [1.54, 1.807) is 0 Å². The number of halogens is 2. The minimum Gasteiger partial charge on any atom is -0.0843 e. The third kappa shape index (κ3) is 4.80. The van der Waals surface area contributed by atoms with Crippen LogP contribution in [0.15, 0.2) is 72.8 Å². The van der Waals surface area contributed by atoms with Crippen LogP contribution in [-0.2, 0) is 0 Å². The normalized spacial score (nSPS) is 15.6. The molecule has 0 aromatic heterocycles. The lowest BCUT2D eigenvalue weighted by Gasteiger charge is -2.24. The SMILES string of the molecule is CC(c1ccc(Cl)cc1)C(C)c1ccc(C(C)C(C)c2ccc(Cl)cc2)cc1. The zero-order chi connectivity index (χ0) is 20.3. The van der Waals surface area contributed by atoms with Gasteiger partial charge in [-0.15, -0.1) is 0 Å². The Balaban J connectivity index is 1.73. The fraction of sp³-hybridized carbons (Fsp3) is 0.308. The molecule has 0 aliphatic heterocycles. The Bertz CT molecular complexity index is 803. The van der Waals surface area contributed by atoms with Gasteiger partial charge in [0, 0.05) is 10.0 Å². The molecule has 2 heteroatoms. The molecule has 0 nitrogen and oxygen atoms in total. The van der Waals surface area contributed by atoms with Gasteiger partial charge in [0.2, 0.25) is 0 Å². The van der Waals surface area contributed by atoms with Gasteiger partial charge in [-0.3, -0.25) is 0 Å². The summed E-state index contributed by atoms with van der Waals surface area (Å²) >= 11 is 12.1. The van der Waals surface area contributed by atoms with Crippen LogP contribution in [0.25, 0.3) is 0 Å². The van der Waals surface area contributed by atoms with E-state index in [1.807, 2.05) is 24.3 Å². The predicted octanol–water partition coefficient (Wildman–Crippen LogP) is 8.81. The molecule has 146 valence electrons. The molecule has 0 heterocycles. The molecule has 3 rings (SSSR count). The van der Waals surface area contributed by atoms with E-state index in [0.717, 1.165) is 10.0 Å². The van der Waals surface area contributed by atoms with Gasteiger partial charge in [-0.05, 0) is 70.2 Å². The van der Waals surface area contributed by atoms with Crippen molar-refractivity contribution in [3.63, 3.8) is 0 Å². The molecular formula is C26H28Cl2. The molecule has 0 bridgehead atoms. The molecule has 3 aromatic carbocycles. The summed E-state index contributed by atoms with van der Waals surface area (Å²) < 4.78 is 0. The number of hydrogen-bond acceptors (Lipinski definition) is 0. The minimum atomic E-state index is 0.438. The Labute approximate surface area is 179 Å². The molecule has 0 saturated carbocycles. The van der Waals surface area contributed by atoms with Crippen molar-refractivity contribution in [2.45, 2.75) is 51.4 Å². The van der Waals surface area contributed by atoms with Crippen LogP contribution in [0.1, 0.15) is 73.6 Å². The summed E-state index contributed by atoms with van der Waals surface area (Å²) in [6, 6.07) is 25.6. The highest BCUT2D eigenvalue weighted by atomic mass is 35.5. The molecule has 0 aliphatic rings. The van der Waals surface area contributed by atoms with Gasteiger partial charge < -0.3 is 0 Å². The number of hydrogen-bond donors (Lipinski definition) is 0. The summed E-state index contributed by atoms with van der Waals surface area (Å²) in [5.41, 5.74) is 5.39. The molecule has 28 heavy (non-hydrogen) atoms. The summed E-state index contributed by atoms with van der Waals surface area (Å²) in [4.78, 5) is 0. The highest BCUT2D eigenvalue weighted by Crippen LogP contribution is 2.36. The summed E-state index contributed by atoms with van der Waals surface area (Å²) in [7, 11) is 0. The third-order valence-corrected chi connectivity index (χ3v) is 6.78. The Morgan fingerprint density at radius 3 is 0.786 bits per heavy atom. The number of benzene rings is 3. The van der Waals surface area contributed by atoms with Crippen molar-refractivity contribution in [3.05, 3.63) is 105 Å². The maximum absolute atomic E-state index is 6.03. The first-order chi connectivity index (χ1) is 13.4. The van der Waals surface area contributed by atoms with Gasteiger partial charge >= 0.3 is 0 Å². The minimum absolute atomic E-state index is 0.438. The lowest BCUT2D eigenvalue weighted by Crippen LogP contribution is -2.07. The second-order valence-electron chi connectivity index (χ2n) is 7.92. The van der Waals surface area contributed by atoms with Crippen molar-refractivity contribution >= 4 is 23.2 Å². The van der Waals surface area contributed by atoms with Gasteiger partial charge in [0.1, 0.15) is 0 Å². The molecule has 0 saturated heterocycles. The van der Waals surface area contributed by atoms with Crippen LogP contribution in [-0.4, -0.2) is 0 Å². The molecule has 0 N–H and O–H groups in total. The molecule has 4 atom stereocenters. The molecular weight excluding hydrogens is 383 g/mol. The molecule has 4 unspecified atom stereocenters. The van der Waals surface area contributed by atoms with Crippen LogP contribution < -0.4 is 0 Å². The average molecular weight is 411 g/mol. The summed E-state index contributed by atoms with van der Waals surface area (Å²) in [5, 5.41) is 1.58. The van der Waals surface area contributed by atoms with Gasteiger partial charge in [-0.2, -0.15) is 0 Å². The van der Waals surface area contributed by atoms with Crippen LogP contribution in [0.2, 0.25) is 10.0 Å². The summed E-state index contributed by atoms with van der Waals surface area (Å²) in [5.74, 6) is 1.76. The van der Waals surface area contributed by atoms with Crippen LogP contribution in [0.3, 0.4) is 0 Å². The van der Waals surface area contributed by atoms with E-state index in [0.29, 0.717) is 23.7 Å². The zero-order valence-electron chi connectivity index (χ0n) is 17.0. The van der Waals surface area contributed by atoms with E-state index >= 15 is 0 Å². The second kappa shape index (κ2) is 9.16. The Hall–Kier alpha value is -1.76. The maximum atomic E-state index is 6.03. The molecule has 0 amide bonds. The van der Waals surface area contributed by atoms with Gasteiger partial charge in [0.15, 0.2) is 0 Å². The zero-order valence-corrected chi connectivity index (χ0v) is 18.5. The van der Waals surface area contributed by atoms with Crippen molar-refractivity contribution in [1.29, 1.82) is 0 Å². The van der Waals surface area contributed by atoms with Crippen molar-refractivity contribution < 1.29 is 0 Å². The van der Waals surface area contributed by atoms with Gasteiger partial charge in [0.25, 0.3) is 0 Å². The molecule has 0 radical (unpaired) electrons. The van der Waals surface area contributed by atoms with Crippen LogP contribution in [0.4, 0.5) is 0 Å². The predicted molar refractivity (Wildman–Crippen MR) is 123 cm³/mol. The quantitative estimate of drug-likeness (QED) is 0.380. The monoisotopic (exact) mass is 410 g/mol. The van der Waals surface area contributed by atoms with Crippen molar-refractivity contribution in [3.8, 4) is 0 Å². The standard InChI is InChI=1S/C26H28Cl2/c1-17(19(3)23-9-13-25(27)14-10-23)21-5-7-22(8-6-21)18(2)20(4)24-11-15-26(28)16-12-24/h5-20H,1-4H3. The van der Waals surface area contributed by atoms with E-state index in [2.05, 4.69) is 76.2 Å². The topological polar surface area (TPSA) is 0 Å². The van der Waals surface area contributed by atoms with Gasteiger partial charge in [-0.25, -0.2) is 0 Å². The number of rotatable bonds is 6. The van der Waals surface area contributed by atoms with Gasteiger partial charge in [0.05, 0.1) is 0 Å². The second-order valence-corrected chi connectivity index (χ2v) is 8.80. The third-order valence-electron chi connectivity index (χ3n) is 6.28. The smallest absolute Gasteiger partial charge is 0.0406 e. The van der Waals surface area contributed by atoms with E-state index in [9.17, 15) is 0 Å². The van der Waals surface area contributed by atoms with E-state index in [-0.39, 0.29) is 0 Å². The summed E-state index contributed by atoms with van der Waals surface area (Å²) in [6.45, 7) is 9.17. The lowest BCUT2D eigenvalue weighted by atomic mass is 9.81. The molecule has 3 aromatic rings. The molecule has 0 aliphatic carbocycles. The van der Waals surface area contributed by atoms with Crippen molar-refractivity contribution in [2.75, 3.05) is 0 Å². The van der Waals surface area contributed by atoms with Gasteiger partial charge in [-0.1, -0.05) is 99.4 Å². The highest BCUT2D eigenvalue weighted by Gasteiger charge is 2.19. The summed E-state index contributed by atoms with van der Waals surface area (Å²) in [6.07, 6.45) is 0. The highest BCUT2D eigenvalue weighted by molar-refractivity contribution is 6.30. The van der Waals surface area contributed by atoms with Crippen LogP contribution in [0, 0.1) is 0 Å². The van der Waals surface area contributed by atoms with E-state index in [4.69, 9.17) is 23.2 Å². The van der Waals surface area contributed by atoms with Crippen molar-refractivity contribution in [2.24, 2.45) is 0 Å². The van der Waals surface area contributed by atoms with Crippen molar-refractivity contribution in [1.82, 2.24) is 0 Å². The van der Waals surface area contributed by atoms with Crippen LogP contribution >= 0.6 is 23.2 Å². The Morgan fingerprint density at radius 2 is 0.571 bits per heavy atom. The first kappa shape index (κ1) is 21.0. The average Bonchev–Trinajstić information content (AvgIpc) is 2.73. The molecule has 0 spiro atoms. The van der Waals surface area contributed by atoms with E-state index in [1.165, 1.54) is 22.3 Å². The lowest BCUT2D eigenvalue weighted by molar-refractivity contribution is 0.614. The largest absolute Gasteiger partial charge is 0.0843 e. The van der Waals surface area contributed by atoms with Crippen LogP contribution in [0.5, 0.6) is 0 Å².